The summed E-state index contributed by atoms with van der Waals surface area (Å²) in [7, 11) is 0. The minimum Gasteiger partial charge on any atom is -0.367 e. The van der Waals surface area contributed by atoms with Gasteiger partial charge < -0.3 is 10.2 Å². The first-order valence-corrected chi connectivity index (χ1v) is 10.9. The van der Waals surface area contributed by atoms with Crippen LogP contribution >= 0.6 is 34.8 Å². The Kier molecular flexibility index (Phi) is 6.67. The van der Waals surface area contributed by atoms with E-state index in [2.05, 4.69) is 58.7 Å². The third-order valence-corrected chi connectivity index (χ3v) is 6.57. The predicted molar refractivity (Wildman–Crippen MR) is 125 cm³/mol. The fraction of sp³-hybridized carbons (Fsp3) is 0.250. The van der Waals surface area contributed by atoms with Crippen molar-refractivity contribution in [2.24, 2.45) is 5.92 Å². The van der Waals surface area contributed by atoms with E-state index < -0.39 is 0 Å². The van der Waals surface area contributed by atoms with E-state index in [0.29, 0.717) is 21.9 Å². The molecule has 0 saturated carbocycles. The number of anilines is 1. The number of hydrogen-bond acceptors (Lipinski definition) is 2. The average molecular weight is 446 g/mol. The number of hydrogen-bond donors (Lipinski definition) is 1. The van der Waals surface area contributed by atoms with Crippen molar-refractivity contribution in [3.05, 3.63) is 99.0 Å². The lowest BCUT2D eigenvalue weighted by molar-refractivity contribution is 0.505. The lowest BCUT2D eigenvalue weighted by Gasteiger charge is -2.30. The van der Waals surface area contributed by atoms with Gasteiger partial charge in [0, 0.05) is 42.8 Å². The van der Waals surface area contributed by atoms with E-state index in [1.807, 2.05) is 24.3 Å². The first-order valence-electron chi connectivity index (χ1n) is 9.80. The van der Waals surface area contributed by atoms with E-state index in [1.165, 1.54) is 16.8 Å². The highest BCUT2D eigenvalue weighted by molar-refractivity contribution is 6.42. The summed E-state index contributed by atoms with van der Waals surface area (Å²) in [5.41, 5.74) is 3.71. The maximum Gasteiger partial charge on any atom is 0.0595 e. The second-order valence-corrected chi connectivity index (χ2v) is 8.79. The molecule has 0 amide bonds. The number of halogens is 3. The van der Waals surface area contributed by atoms with Crippen LogP contribution in [0, 0.1) is 5.92 Å². The van der Waals surface area contributed by atoms with Crippen molar-refractivity contribution in [1.82, 2.24) is 5.32 Å². The Balaban J connectivity index is 1.58. The van der Waals surface area contributed by atoms with Gasteiger partial charge in [-0.05, 0) is 53.4 Å². The molecule has 0 aromatic heterocycles. The summed E-state index contributed by atoms with van der Waals surface area (Å²) in [6, 6.07) is 24.7. The van der Waals surface area contributed by atoms with Crippen LogP contribution in [0.1, 0.15) is 17.0 Å². The molecular weight excluding hydrogens is 423 g/mol. The van der Waals surface area contributed by atoms with Crippen molar-refractivity contribution in [2.75, 3.05) is 24.5 Å². The Morgan fingerprint density at radius 1 is 0.828 bits per heavy atom. The normalized spacial score (nSPS) is 18.7. The molecule has 4 rings (SSSR count). The highest BCUT2D eigenvalue weighted by Crippen LogP contribution is 2.34. The Morgan fingerprint density at radius 3 is 2.31 bits per heavy atom. The third-order valence-electron chi connectivity index (χ3n) is 5.57. The fourth-order valence-electron chi connectivity index (χ4n) is 4.06. The van der Waals surface area contributed by atoms with Gasteiger partial charge in [-0.25, -0.2) is 0 Å². The van der Waals surface area contributed by atoms with Crippen molar-refractivity contribution < 1.29 is 0 Å². The van der Waals surface area contributed by atoms with E-state index in [9.17, 15) is 0 Å². The summed E-state index contributed by atoms with van der Waals surface area (Å²) >= 11 is 18.5. The van der Waals surface area contributed by atoms with Gasteiger partial charge >= 0.3 is 0 Å². The van der Waals surface area contributed by atoms with Crippen LogP contribution in [0.15, 0.2) is 72.8 Å². The van der Waals surface area contributed by atoms with Gasteiger partial charge in [0.15, 0.2) is 0 Å². The molecular formula is C24H23Cl3N2. The molecule has 1 fully saturated rings. The second kappa shape index (κ2) is 9.40. The van der Waals surface area contributed by atoms with Crippen molar-refractivity contribution >= 4 is 40.5 Å². The molecule has 1 heterocycles. The van der Waals surface area contributed by atoms with E-state index in [0.717, 1.165) is 31.2 Å². The number of benzene rings is 3. The van der Waals surface area contributed by atoms with Crippen LogP contribution in [0.4, 0.5) is 5.69 Å². The molecule has 0 spiro atoms. The van der Waals surface area contributed by atoms with Crippen LogP contribution in [0.3, 0.4) is 0 Å². The standard InChI is InChI=1S/C24H23Cl3N2/c25-20-7-9-21(10-8-20)29(15-17-4-2-1-3-5-17)16-19-13-28-14-22(19)18-6-11-23(26)24(27)12-18/h1-12,19,22,28H,13-16H2. The SMILES string of the molecule is Clc1ccc(N(Cc2ccccc2)CC2CNCC2c2ccc(Cl)c(Cl)c2)cc1. The highest BCUT2D eigenvalue weighted by atomic mass is 35.5. The second-order valence-electron chi connectivity index (χ2n) is 7.54. The van der Waals surface area contributed by atoms with Crippen LogP contribution < -0.4 is 10.2 Å². The Labute approximate surface area is 187 Å². The van der Waals surface area contributed by atoms with Crippen LogP contribution in [0.2, 0.25) is 15.1 Å². The molecule has 3 aromatic rings. The van der Waals surface area contributed by atoms with E-state index in [1.54, 1.807) is 0 Å². The molecule has 3 aromatic carbocycles. The minimum atomic E-state index is 0.398. The maximum absolute atomic E-state index is 6.29. The predicted octanol–water partition coefficient (Wildman–Crippen LogP) is 6.66. The minimum absolute atomic E-state index is 0.398. The van der Waals surface area contributed by atoms with Gasteiger partial charge in [0.2, 0.25) is 0 Å². The fourth-order valence-corrected chi connectivity index (χ4v) is 4.49. The number of nitrogens with one attached hydrogen (secondary N) is 1. The molecule has 1 N–H and O–H groups in total. The first-order chi connectivity index (χ1) is 14.1. The quantitative estimate of drug-likeness (QED) is 0.456. The van der Waals surface area contributed by atoms with Gasteiger partial charge in [-0.3, -0.25) is 0 Å². The van der Waals surface area contributed by atoms with Crippen molar-refractivity contribution in [3.63, 3.8) is 0 Å². The van der Waals surface area contributed by atoms with Crippen LogP contribution in [0.5, 0.6) is 0 Å². The Hall–Kier alpha value is -1.71. The summed E-state index contributed by atoms with van der Waals surface area (Å²) in [6.07, 6.45) is 0. The topological polar surface area (TPSA) is 15.3 Å². The summed E-state index contributed by atoms with van der Waals surface area (Å²) < 4.78 is 0. The number of nitrogens with zero attached hydrogens (tertiary/aromatic N) is 1. The van der Waals surface area contributed by atoms with Gasteiger partial charge in [0.25, 0.3) is 0 Å². The van der Waals surface area contributed by atoms with Gasteiger partial charge in [-0.1, -0.05) is 71.2 Å². The van der Waals surface area contributed by atoms with Gasteiger partial charge in [-0.15, -0.1) is 0 Å². The average Bonchev–Trinajstić information content (AvgIpc) is 3.19. The van der Waals surface area contributed by atoms with Crippen molar-refractivity contribution in [1.29, 1.82) is 0 Å². The number of rotatable bonds is 6. The van der Waals surface area contributed by atoms with E-state index >= 15 is 0 Å². The summed E-state index contributed by atoms with van der Waals surface area (Å²) in [5, 5.41) is 5.54. The third kappa shape index (κ3) is 5.07. The lowest BCUT2D eigenvalue weighted by Crippen LogP contribution is -2.32. The largest absolute Gasteiger partial charge is 0.367 e. The molecule has 0 radical (unpaired) electrons. The molecule has 0 aliphatic carbocycles. The van der Waals surface area contributed by atoms with Crippen molar-refractivity contribution in [2.45, 2.75) is 12.5 Å². The molecule has 5 heteroatoms. The monoisotopic (exact) mass is 444 g/mol. The highest BCUT2D eigenvalue weighted by Gasteiger charge is 2.30. The zero-order chi connectivity index (χ0) is 20.2. The molecule has 2 unspecified atom stereocenters. The molecule has 150 valence electrons. The maximum atomic E-state index is 6.29. The smallest absolute Gasteiger partial charge is 0.0595 e. The molecule has 0 bridgehead atoms. The van der Waals surface area contributed by atoms with Gasteiger partial charge in [0.05, 0.1) is 10.0 Å². The summed E-state index contributed by atoms with van der Waals surface area (Å²) in [4.78, 5) is 2.44. The molecule has 2 nitrogen and oxygen atoms in total. The van der Waals surface area contributed by atoms with Crippen LogP contribution in [-0.4, -0.2) is 19.6 Å². The van der Waals surface area contributed by atoms with Gasteiger partial charge in [0.1, 0.15) is 0 Å². The van der Waals surface area contributed by atoms with Crippen molar-refractivity contribution in [3.8, 4) is 0 Å². The Bertz CT molecular complexity index is 944. The van der Waals surface area contributed by atoms with E-state index in [-0.39, 0.29) is 0 Å². The molecule has 29 heavy (non-hydrogen) atoms. The molecule has 1 aliphatic rings. The summed E-state index contributed by atoms with van der Waals surface area (Å²) in [6.45, 7) is 3.72. The van der Waals surface area contributed by atoms with E-state index in [4.69, 9.17) is 34.8 Å². The van der Waals surface area contributed by atoms with Crippen LogP contribution in [-0.2, 0) is 6.54 Å². The first kappa shape index (κ1) is 20.6. The Morgan fingerprint density at radius 2 is 1.59 bits per heavy atom. The van der Waals surface area contributed by atoms with Crippen LogP contribution in [0.25, 0.3) is 0 Å². The van der Waals surface area contributed by atoms with Gasteiger partial charge in [-0.2, -0.15) is 0 Å². The molecule has 2 atom stereocenters. The molecule has 1 aliphatic heterocycles. The zero-order valence-electron chi connectivity index (χ0n) is 16.0. The molecule has 1 saturated heterocycles. The zero-order valence-corrected chi connectivity index (χ0v) is 18.3. The summed E-state index contributed by atoms with van der Waals surface area (Å²) in [5.74, 6) is 0.863. The lowest BCUT2D eigenvalue weighted by atomic mass is 9.88.